The van der Waals surface area contributed by atoms with Crippen molar-refractivity contribution in [3.63, 3.8) is 0 Å². The number of sulfonamides is 1. The summed E-state index contributed by atoms with van der Waals surface area (Å²) in [5.41, 5.74) is 0.578. The Labute approximate surface area is 142 Å². The molecule has 0 bridgehead atoms. The van der Waals surface area contributed by atoms with Gasteiger partial charge in [-0.3, -0.25) is 4.90 Å². The van der Waals surface area contributed by atoms with Crippen LogP contribution >= 0.6 is 0 Å². The third kappa shape index (κ3) is 2.87. The van der Waals surface area contributed by atoms with Crippen LogP contribution in [0.25, 0.3) is 0 Å². The molecule has 0 spiro atoms. The molecule has 1 aromatic carbocycles. The Morgan fingerprint density at radius 3 is 2.75 bits per heavy atom. The molecule has 7 heteroatoms. The van der Waals surface area contributed by atoms with Crippen LogP contribution in [0, 0.1) is 18.7 Å². The van der Waals surface area contributed by atoms with Gasteiger partial charge in [-0.15, -0.1) is 0 Å². The SMILES string of the molecule is Cc1ccc(F)cc1S(=O)(=O)N1CCN2[C@@H](COC[C@@H]2C2CC2)C1. The van der Waals surface area contributed by atoms with E-state index in [-0.39, 0.29) is 10.9 Å². The average Bonchev–Trinajstić information content (AvgIpc) is 3.40. The molecule has 4 rings (SSSR count). The summed E-state index contributed by atoms with van der Waals surface area (Å²) in [4.78, 5) is 2.51. The summed E-state index contributed by atoms with van der Waals surface area (Å²) >= 11 is 0. The molecule has 2 aliphatic heterocycles. The standard InChI is InChI=1S/C17H23FN2O3S/c1-12-2-5-14(18)8-17(12)24(21,22)19-6-7-20-15(9-19)10-23-11-16(20)13-3-4-13/h2,5,8,13,15-16H,3-4,6-7,9-11H2,1H3/t15-,16-/m1/s1. The zero-order chi connectivity index (χ0) is 16.9. The summed E-state index contributed by atoms with van der Waals surface area (Å²) in [6.45, 7) is 4.63. The van der Waals surface area contributed by atoms with Crippen molar-refractivity contribution >= 4 is 10.0 Å². The Kier molecular flexibility index (Phi) is 4.15. The normalized spacial score (nSPS) is 29.4. The molecular weight excluding hydrogens is 331 g/mol. The predicted octanol–water partition coefficient (Wildman–Crippen LogP) is 1.62. The van der Waals surface area contributed by atoms with Crippen molar-refractivity contribution in [1.82, 2.24) is 9.21 Å². The Morgan fingerprint density at radius 2 is 2.00 bits per heavy atom. The molecule has 5 nitrogen and oxygen atoms in total. The number of hydrogen-bond donors (Lipinski definition) is 0. The van der Waals surface area contributed by atoms with Crippen molar-refractivity contribution in [3.8, 4) is 0 Å². The third-order valence-electron chi connectivity index (χ3n) is 5.45. The van der Waals surface area contributed by atoms with Crippen molar-refractivity contribution in [2.24, 2.45) is 5.92 Å². The van der Waals surface area contributed by atoms with Gasteiger partial charge in [-0.1, -0.05) is 6.07 Å². The van der Waals surface area contributed by atoms with Crippen molar-refractivity contribution in [2.45, 2.75) is 36.7 Å². The first-order valence-electron chi connectivity index (χ1n) is 8.56. The van der Waals surface area contributed by atoms with Gasteiger partial charge in [0.05, 0.1) is 18.1 Å². The Balaban J connectivity index is 1.56. The molecule has 0 aromatic heterocycles. The fraction of sp³-hybridized carbons (Fsp3) is 0.647. The second-order valence-corrected chi connectivity index (χ2v) is 9.01. The van der Waals surface area contributed by atoms with Gasteiger partial charge in [0.1, 0.15) is 5.82 Å². The minimum Gasteiger partial charge on any atom is -0.378 e. The molecule has 0 unspecified atom stereocenters. The molecular formula is C17H23FN2O3S. The zero-order valence-electron chi connectivity index (χ0n) is 13.8. The van der Waals surface area contributed by atoms with Crippen LogP contribution in [-0.2, 0) is 14.8 Å². The van der Waals surface area contributed by atoms with Crippen molar-refractivity contribution in [1.29, 1.82) is 0 Å². The molecule has 3 aliphatic rings. The van der Waals surface area contributed by atoms with E-state index in [1.54, 1.807) is 6.92 Å². The maximum atomic E-state index is 13.5. The van der Waals surface area contributed by atoms with Gasteiger partial charge in [-0.05, 0) is 43.4 Å². The van der Waals surface area contributed by atoms with Gasteiger partial charge < -0.3 is 4.74 Å². The van der Waals surface area contributed by atoms with E-state index in [1.165, 1.54) is 29.3 Å². The minimum absolute atomic E-state index is 0.0754. The first-order chi connectivity index (χ1) is 11.5. The molecule has 0 N–H and O–H groups in total. The summed E-state index contributed by atoms with van der Waals surface area (Å²) < 4.78 is 46.7. The molecule has 2 atom stereocenters. The lowest BCUT2D eigenvalue weighted by atomic mass is 10.0. The fourth-order valence-corrected chi connectivity index (χ4v) is 5.65. The summed E-state index contributed by atoms with van der Waals surface area (Å²) in [6, 6.07) is 4.47. The first-order valence-corrected chi connectivity index (χ1v) is 10.0. The maximum absolute atomic E-state index is 13.5. The number of morpholine rings is 1. The fourth-order valence-electron chi connectivity index (χ4n) is 3.94. The highest BCUT2D eigenvalue weighted by atomic mass is 32.2. The lowest BCUT2D eigenvalue weighted by molar-refractivity contribution is -0.0759. The molecule has 2 saturated heterocycles. The Morgan fingerprint density at radius 1 is 1.21 bits per heavy atom. The summed E-state index contributed by atoms with van der Waals surface area (Å²) in [5.74, 6) is 0.189. The molecule has 0 amide bonds. The van der Waals surface area contributed by atoms with Crippen LogP contribution in [0.5, 0.6) is 0 Å². The molecule has 132 valence electrons. The van der Waals surface area contributed by atoms with Gasteiger partial charge in [0.25, 0.3) is 0 Å². The number of fused-ring (bicyclic) bond motifs is 1. The number of aryl methyl sites for hydroxylation is 1. The highest BCUT2D eigenvalue weighted by molar-refractivity contribution is 7.89. The quantitative estimate of drug-likeness (QED) is 0.828. The minimum atomic E-state index is -3.68. The van der Waals surface area contributed by atoms with Gasteiger partial charge in [-0.25, -0.2) is 12.8 Å². The largest absolute Gasteiger partial charge is 0.378 e. The molecule has 3 fully saturated rings. The summed E-state index contributed by atoms with van der Waals surface area (Å²) in [6.07, 6.45) is 2.50. The molecule has 1 aromatic rings. The number of hydrogen-bond acceptors (Lipinski definition) is 4. The number of piperazine rings is 1. The van der Waals surface area contributed by atoms with Gasteiger partial charge in [0.2, 0.25) is 10.0 Å². The lowest BCUT2D eigenvalue weighted by Crippen LogP contribution is -2.63. The topological polar surface area (TPSA) is 49.9 Å². The van der Waals surface area contributed by atoms with Crippen LogP contribution in [-0.4, -0.2) is 62.6 Å². The van der Waals surface area contributed by atoms with Crippen molar-refractivity contribution in [3.05, 3.63) is 29.6 Å². The van der Waals surface area contributed by atoms with E-state index in [0.717, 1.165) is 19.2 Å². The van der Waals surface area contributed by atoms with Crippen LogP contribution in [0.4, 0.5) is 4.39 Å². The summed E-state index contributed by atoms with van der Waals surface area (Å²) in [5, 5.41) is 0. The van der Waals surface area contributed by atoms with Crippen LogP contribution in [0.3, 0.4) is 0 Å². The average molecular weight is 354 g/mol. The number of halogens is 1. The van der Waals surface area contributed by atoms with Crippen LogP contribution in [0.2, 0.25) is 0 Å². The molecule has 1 aliphatic carbocycles. The second kappa shape index (κ2) is 6.05. The number of benzene rings is 1. The maximum Gasteiger partial charge on any atom is 0.243 e. The van der Waals surface area contributed by atoms with Gasteiger partial charge >= 0.3 is 0 Å². The highest BCUT2D eigenvalue weighted by Gasteiger charge is 2.44. The lowest BCUT2D eigenvalue weighted by Gasteiger charge is -2.47. The first kappa shape index (κ1) is 16.4. The zero-order valence-corrected chi connectivity index (χ0v) is 14.6. The number of ether oxygens (including phenoxy) is 1. The monoisotopic (exact) mass is 354 g/mol. The van der Waals surface area contributed by atoms with E-state index < -0.39 is 15.8 Å². The van der Waals surface area contributed by atoms with E-state index in [4.69, 9.17) is 4.74 Å². The number of nitrogens with zero attached hydrogens (tertiary/aromatic N) is 2. The van der Waals surface area contributed by atoms with Crippen LogP contribution in [0.1, 0.15) is 18.4 Å². The van der Waals surface area contributed by atoms with Crippen LogP contribution < -0.4 is 0 Å². The predicted molar refractivity (Wildman–Crippen MR) is 87.7 cm³/mol. The molecule has 1 saturated carbocycles. The van der Waals surface area contributed by atoms with E-state index in [1.807, 2.05) is 0 Å². The van der Waals surface area contributed by atoms with E-state index in [2.05, 4.69) is 4.90 Å². The Hall–Kier alpha value is -1.02. The van der Waals surface area contributed by atoms with Crippen molar-refractivity contribution < 1.29 is 17.5 Å². The smallest absolute Gasteiger partial charge is 0.243 e. The highest BCUT2D eigenvalue weighted by Crippen LogP contribution is 2.38. The molecule has 2 heterocycles. The van der Waals surface area contributed by atoms with Gasteiger partial charge in [0, 0.05) is 31.7 Å². The second-order valence-electron chi connectivity index (χ2n) is 7.11. The third-order valence-corrected chi connectivity index (χ3v) is 7.46. The van der Waals surface area contributed by atoms with Crippen LogP contribution in [0.15, 0.2) is 23.1 Å². The Bertz CT molecular complexity index is 735. The van der Waals surface area contributed by atoms with E-state index >= 15 is 0 Å². The van der Waals surface area contributed by atoms with Gasteiger partial charge in [0.15, 0.2) is 0 Å². The van der Waals surface area contributed by atoms with E-state index in [9.17, 15) is 12.8 Å². The molecule has 24 heavy (non-hydrogen) atoms. The molecule has 0 radical (unpaired) electrons. The van der Waals surface area contributed by atoms with E-state index in [0.29, 0.717) is 37.2 Å². The number of rotatable bonds is 3. The van der Waals surface area contributed by atoms with Crippen molar-refractivity contribution in [2.75, 3.05) is 32.8 Å². The summed E-state index contributed by atoms with van der Waals surface area (Å²) in [7, 11) is -3.68. The van der Waals surface area contributed by atoms with Gasteiger partial charge in [-0.2, -0.15) is 4.31 Å².